The van der Waals surface area contributed by atoms with Gasteiger partial charge in [0.05, 0.1) is 0 Å². The quantitative estimate of drug-likeness (QED) is 0.351. The van der Waals surface area contributed by atoms with E-state index < -0.39 is 0 Å². The van der Waals surface area contributed by atoms with E-state index in [1.54, 1.807) is 0 Å². The van der Waals surface area contributed by atoms with Crippen LogP contribution in [0.1, 0.15) is 57.1 Å². The zero-order valence-electron chi connectivity index (χ0n) is 18.5. The first-order valence-corrected chi connectivity index (χ1v) is 11.4. The molecule has 1 aliphatic heterocycles. The minimum absolute atomic E-state index is 0.454. The van der Waals surface area contributed by atoms with Crippen LogP contribution in [0.25, 0.3) is 0 Å². The van der Waals surface area contributed by atoms with Crippen LogP contribution in [0.4, 0.5) is 0 Å². The molecule has 2 fully saturated rings. The Morgan fingerprint density at radius 1 is 1.24 bits per heavy atom. The Bertz CT molecular complexity index is 639. The highest BCUT2D eigenvalue weighted by atomic mass is 16.5. The second-order valence-electron chi connectivity index (χ2n) is 8.40. The minimum Gasteiger partial charge on any atom is -0.382 e. The standard InChI is InChI=1S/C21H39N7O/c1-4-29-13-7-11-22-21(23-14-20-26-25-17(2)27(20)3)24-19-10-12-28(16-19)15-18-8-5-6-9-18/h18-19H,4-16H2,1-3H3,(H2,22,23,24). The molecule has 1 atom stereocenters. The van der Waals surface area contributed by atoms with Crippen LogP contribution >= 0.6 is 0 Å². The highest BCUT2D eigenvalue weighted by Gasteiger charge is 2.26. The summed E-state index contributed by atoms with van der Waals surface area (Å²) in [6.45, 7) is 10.5. The van der Waals surface area contributed by atoms with Gasteiger partial charge in [-0.3, -0.25) is 0 Å². The average molecular weight is 406 g/mol. The van der Waals surface area contributed by atoms with Gasteiger partial charge in [0, 0.05) is 52.5 Å². The van der Waals surface area contributed by atoms with Crippen LogP contribution in [0, 0.1) is 12.8 Å². The Hall–Kier alpha value is -1.67. The lowest BCUT2D eigenvalue weighted by atomic mass is 10.1. The van der Waals surface area contributed by atoms with Crippen molar-refractivity contribution >= 4 is 5.96 Å². The molecule has 164 valence electrons. The molecule has 29 heavy (non-hydrogen) atoms. The lowest BCUT2D eigenvalue weighted by Crippen LogP contribution is -2.45. The van der Waals surface area contributed by atoms with Crippen molar-refractivity contribution in [3.63, 3.8) is 0 Å². The third kappa shape index (κ3) is 6.96. The van der Waals surface area contributed by atoms with Gasteiger partial charge in [-0.05, 0) is 45.4 Å². The number of hydrogen-bond acceptors (Lipinski definition) is 5. The number of nitrogens with one attached hydrogen (secondary N) is 2. The van der Waals surface area contributed by atoms with Gasteiger partial charge in [-0.25, -0.2) is 4.99 Å². The molecule has 2 N–H and O–H groups in total. The number of nitrogens with zero attached hydrogens (tertiary/aromatic N) is 5. The van der Waals surface area contributed by atoms with E-state index >= 15 is 0 Å². The van der Waals surface area contributed by atoms with E-state index in [4.69, 9.17) is 9.73 Å². The summed E-state index contributed by atoms with van der Waals surface area (Å²) < 4.78 is 7.44. The van der Waals surface area contributed by atoms with Crippen LogP contribution < -0.4 is 10.6 Å². The molecule has 1 saturated carbocycles. The molecule has 0 spiro atoms. The van der Waals surface area contributed by atoms with Gasteiger partial charge in [-0.15, -0.1) is 10.2 Å². The second kappa shape index (κ2) is 11.5. The minimum atomic E-state index is 0.454. The molecular formula is C21H39N7O. The van der Waals surface area contributed by atoms with Crippen LogP contribution in [0.2, 0.25) is 0 Å². The number of rotatable bonds is 10. The molecule has 2 heterocycles. The molecule has 1 aliphatic carbocycles. The molecule has 1 aromatic heterocycles. The first kappa shape index (κ1) is 22.0. The summed E-state index contributed by atoms with van der Waals surface area (Å²) >= 11 is 0. The summed E-state index contributed by atoms with van der Waals surface area (Å²) in [7, 11) is 1.99. The van der Waals surface area contributed by atoms with Gasteiger partial charge >= 0.3 is 0 Å². The van der Waals surface area contributed by atoms with Crippen molar-refractivity contribution in [1.29, 1.82) is 0 Å². The third-order valence-electron chi connectivity index (χ3n) is 6.13. The second-order valence-corrected chi connectivity index (χ2v) is 8.40. The first-order valence-electron chi connectivity index (χ1n) is 11.4. The van der Waals surface area contributed by atoms with Crippen molar-refractivity contribution in [2.45, 2.75) is 65.0 Å². The molecular weight excluding hydrogens is 366 g/mol. The van der Waals surface area contributed by atoms with Gasteiger partial charge in [0.15, 0.2) is 11.8 Å². The predicted octanol–water partition coefficient (Wildman–Crippen LogP) is 1.85. The van der Waals surface area contributed by atoms with Gasteiger partial charge in [0.2, 0.25) is 0 Å². The maximum Gasteiger partial charge on any atom is 0.191 e. The number of aromatic nitrogens is 3. The van der Waals surface area contributed by atoms with Crippen molar-refractivity contribution in [1.82, 2.24) is 30.3 Å². The molecule has 8 nitrogen and oxygen atoms in total. The van der Waals surface area contributed by atoms with Gasteiger partial charge in [-0.2, -0.15) is 0 Å². The summed E-state index contributed by atoms with van der Waals surface area (Å²) in [5.74, 6) is 3.58. The Morgan fingerprint density at radius 2 is 2.07 bits per heavy atom. The van der Waals surface area contributed by atoms with Gasteiger partial charge in [0.25, 0.3) is 0 Å². The van der Waals surface area contributed by atoms with Crippen molar-refractivity contribution in [3.8, 4) is 0 Å². The van der Waals surface area contributed by atoms with E-state index in [-0.39, 0.29) is 0 Å². The summed E-state index contributed by atoms with van der Waals surface area (Å²) in [4.78, 5) is 7.42. The largest absolute Gasteiger partial charge is 0.382 e. The Labute approximate surface area is 175 Å². The van der Waals surface area contributed by atoms with Crippen molar-refractivity contribution in [3.05, 3.63) is 11.6 Å². The van der Waals surface area contributed by atoms with E-state index in [0.29, 0.717) is 12.6 Å². The molecule has 0 amide bonds. The number of aliphatic imine (C=N–C) groups is 1. The zero-order valence-corrected chi connectivity index (χ0v) is 18.5. The summed E-state index contributed by atoms with van der Waals surface area (Å²) in [5.41, 5.74) is 0. The van der Waals surface area contributed by atoms with Gasteiger partial charge < -0.3 is 24.8 Å². The van der Waals surface area contributed by atoms with E-state index in [9.17, 15) is 0 Å². The van der Waals surface area contributed by atoms with Crippen molar-refractivity contribution < 1.29 is 4.74 Å². The van der Waals surface area contributed by atoms with Crippen molar-refractivity contribution in [2.24, 2.45) is 18.0 Å². The smallest absolute Gasteiger partial charge is 0.191 e. The van der Waals surface area contributed by atoms with Crippen LogP contribution in [-0.4, -0.2) is 71.1 Å². The van der Waals surface area contributed by atoms with Crippen molar-refractivity contribution in [2.75, 3.05) is 39.4 Å². The maximum atomic E-state index is 5.45. The molecule has 1 saturated heterocycles. The monoisotopic (exact) mass is 405 g/mol. The fourth-order valence-corrected chi connectivity index (χ4v) is 4.28. The molecule has 0 aromatic carbocycles. The summed E-state index contributed by atoms with van der Waals surface area (Å²) in [6.07, 6.45) is 7.82. The Morgan fingerprint density at radius 3 is 2.79 bits per heavy atom. The molecule has 1 unspecified atom stereocenters. The summed E-state index contributed by atoms with van der Waals surface area (Å²) in [5, 5.41) is 15.5. The normalized spacial score (nSPS) is 21.2. The average Bonchev–Trinajstić information content (AvgIpc) is 3.45. The van der Waals surface area contributed by atoms with E-state index in [1.807, 2.05) is 25.5 Å². The highest BCUT2D eigenvalue weighted by Crippen LogP contribution is 2.26. The molecule has 3 rings (SSSR count). The van der Waals surface area contributed by atoms with Crippen LogP contribution in [0.5, 0.6) is 0 Å². The number of likely N-dealkylation sites (tertiary alicyclic amines) is 1. The number of ether oxygens (including phenoxy) is 1. The number of guanidine groups is 1. The van der Waals surface area contributed by atoms with Gasteiger partial charge in [0.1, 0.15) is 12.4 Å². The fraction of sp³-hybridized carbons (Fsp3) is 0.857. The van der Waals surface area contributed by atoms with Crippen LogP contribution in [-0.2, 0) is 18.3 Å². The Kier molecular flexibility index (Phi) is 8.73. The molecule has 2 aliphatic rings. The first-order chi connectivity index (χ1) is 14.2. The van der Waals surface area contributed by atoms with Crippen LogP contribution in [0.3, 0.4) is 0 Å². The SMILES string of the molecule is CCOCCCNC(=NCc1nnc(C)n1C)NC1CCN(CC2CCCC2)C1. The van der Waals surface area contributed by atoms with E-state index in [2.05, 4.69) is 25.7 Å². The molecule has 1 aromatic rings. The lowest BCUT2D eigenvalue weighted by Gasteiger charge is -2.21. The maximum absolute atomic E-state index is 5.45. The molecule has 0 bridgehead atoms. The topological polar surface area (TPSA) is 79.6 Å². The fourth-order valence-electron chi connectivity index (χ4n) is 4.28. The molecule has 0 radical (unpaired) electrons. The number of aryl methyl sites for hydroxylation is 1. The number of hydrogen-bond donors (Lipinski definition) is 2. The molecule has 8 heteroatoms. The lowest BCUT2D eigenvalue weighted by molar-refractivity contribution is 0.145. The predicted molar refractivity (Wildman–Crippen MR) is 116 cm³/mol. The van der Waals surface area contributed by atoms with Crippen LogP contribution in [0.15, 0.2) is 4.99 Å². The van der Waals surface area contributed by atoms with E-state index in [0.717, 1.165) is 56.3 Å². The Balaban J connectivity index is 1.51. The van der Waals surface area contributed by atoms with Gasteiger partial charge in [-0.1, -0.05) is 12.8 Å². The van der Waals surface area contributed by atoms with E-state index in [1.165, 1.54) is 45.2 Å². The third-order valence-corrected chi connectivity index (χ3v) is 6.13. The zero-order chi connectivity index (χ0) is 20.5. The highest BCUT2D eigenvalue weighted by molar-refractivity contribution is 5.80. The summed E-state index contributed by atoms with van der Waals surface area (Å²) in [6, 6.07) is 0.454.